The molecule has 2 rings (SSSR count). The molecule has 27 heavy (non-hydrogen) atoms. The van der Waals surface area contributed by atoms with Crippen molar-refractivity contribution in [2.75, 3.05) is 59.5 Å². The van der Waals surface area contributed by atoms with Gasteiger partial charge in [0.1, 0.15) is 0 Å². The van der Waals surface area contributed by atoms with Crippen LogP contribution in [0.5, 0.6) is 0 Å². The van der Waals surface area contributed by atoms with E-state index in [2.05, 4.69) is 15.5 Å². The number of nitrogens with one attached hydrogen (secondary N) is 2. The average molecular weight is 421 g/mol. The molecular formula is C18H30Cl2N4O3. The summed E-state index contributed by atoms with van der Waals surface area (Å²) < 4.78 is 4.94. The van der Waals surface area contributed by atoms with Gasteiger partial charge in [0.25, 0.3) is 0 Å². The molecule has 0 saturated carbocycles. The average Bonchev–Trinajstić information content (AvgIpc) is 2.65. The van der Waals surface area contributed by atoms with Crippen LogP contribution >= 0.6 is 24.8 Å². The van der Waals surface area contributed by atoms with Gasteiger partial charge in [-0.2, -0.15) is 0 Å². The lowest BCUT2D eigenvalue weighted by molar-refractivity contribution is -0.132. The van der Waals surface area contributed by atoms with E-state index in [4.69, 9.17) is 4.74 Å². The Balaban J connectivity index is 0.00000338. The molecule has 0 aromatic heterocycles. The van der Waals surface area contributed by atoms with Crippen LogP contribution in [0.1, 0.15) is 5.56 Å². The van der Waals surface area contributed by atoms with Crippen molar-refractivity contribution in [3.05, 3.63) is 35.9 Å². The van der Waals surface area contributed by atoms with Crippen molar-refractivity contribution in [1.82, 2.24) is 20.4 Å². The lowest BCUT2D eigenvalue weighted by Gasteiger charge is -2.34. The van der Waals surface area contributed by atoms with Gasteiger partial charge in [-0.15, -0.1) is 24.8 Å². The summed E-state index contributed by atoms with van der Waals surface area (Å²) in [5, 5.41) is 6.00. The van der Waals surface area contributed by atoms with E-state index in [1.807, 2.05) is 35.2 Å². The molecule has 0 atom stereocenters. The van der Waals surface area contributed by atoms with Gasteiger partial charge in [0.15, 0.2) is 0 Å². The van der Waals surface area contributed by atoms with Crippen molar-refractivity contribution in [1.29, 1.82) is 0 Å². The Hall–Kier alpha value is -1.38. The minimum Gasteiger partial charge on any atom is -0.383 e. The minimum absolute atomic E-state index is 0. The summed E-state index contributed by atoms with van der Waals surface area (Å²) in [6.07, 6.45) is 0. The minimum atomic E-state index is 0. The molecule has 1 heterocycles. The second kappa shape index (κ2) is 14.6. The third kappa shape index (κ3) is 9.93. The number of rotatable bonds is 9. The Bertz CT molecular complexity index is 541. The topological polar surface area (TPSA) is 73.9 Å². The second-order valence-corrected chi connectivity index (χ2v) is 6.09. The van der Waals surface area contributed by atoms with E-state index in [-0.39, 0.29) is 36.6 Å². The van der Waals surface area contributed by atoms with Crippen LogP contribution in [0.4, 0.5) is 0 Å². The van der Waals surface area contributed by atoms with Crippen LogP contribution in [-0.4, -0.2) is 81.1 Å². The van der Waals surface area contributed by atoms with E-state index in [1.54, 1.807) is 7.11 Å². The zero-order valence-electron chi connectivity index (χ0n) is 15.7. The van der Waals surface area contributed by atoms with Gasteiger partial charge in [0, 0.05) is 46.4 Å². The summed E-state index contributed by atoms with van der Waals surface area (Å²) in [6, 6.07) is 9.86. The quantitative estimate of drug-likeness (QED) is 0.569. The monoisotopic (exact) mass is 420 g/mol. The van der Waals surface area contributed by atoms with Gasteiger partial charge in [0.05, 0.1) is 19.7 Å². The van der Waals surface area contributed by atoms with Gasteiger partial charge < -0.3 is 20.3 Å². The summed E-state index contributed by atoms with van der Waals surface area (Å²) in [7, 11) is 1.64. The predicted octanol–water partition coefficient (Wildman–Crippen LogP) is 0.527. The van der Waals surface area contributed by atoms with E-state index in [0.29, 0.717) is 45.9 Å². The highest BCUT2D eigenvalue weighted by atomic mass is 35.5. The van der Waals surface area contributed by atoms with Gasteiger partial charge in [-0.25, -0.2) is 0 Å². The number of halogens is 2. The number of hydrogen-bond acceptors (Lipinski definition) is 5. The second-order valence-electron chi connectivity index (χ2n) is 6.09. The van der Waals surface area contributed by atoms with Gasteiger partial charge in [-0.3, -0.25) is 14.5 Å². The molecule has 2 N–H and O–H groups in total. The molecule has 7 nitrogen and oxygen atoms in total. The Labute approximate surface area is 173 Å². The first-order chi connectivity index (χ1) is 12.2. The zero-order chi connectivity index (χ0) is 17.9. The molecule has 1 aromatic carbocycles. The van der Waals surface area contributed by atoms with Crippen LogP contribution in [0.25, 0.3) is 0 Å². The van der Waals surface area contributed by atoms with Gasteiger partial charge >= 0.3 is 0 Å². The fourth-order valence-electron chi connectivity index (χ4n) is 2.69. The first kappa shape index (κ1) is 25.6. The van der Waals surface area contributed by atoms with E-state index in [1.165, 1.54) is 0 Å². The van der Waals surface area contributed by atoms with Crippen LogP contribution < -0.4 is 10.6 Å². The highest BCUT2D eigenvalue weighted by molar-refractivity contribution is 5.85. The number of piperazine rings is 1. The highest BCUT2D eigenvalue weighted by Crippen LogP contribution is 2.02. The summed E-state index contributed by atoms with van der Waals surface area (Å²) in [4.78, 5) is 28.1. The molecule has 1 saturated heterocycles. The molecule has 9 heteroatoms. The molecule has 1 aliphatic rings. The molecule has 2 amide bonds. The van der Waals surface area contributed by atoms with Gasteiger partial charge in [-0.1, -0.05) is 30.3 Å². The molecule has 0 aliphatic carbocycles. The maximum absolute atomic E-state index is 12.1. The van der Waals surface area contributed by atoms with Crippen molar-refractivity contribution in [3.63, 3.8) is 0 Å². The number of nitrogens with zero attached hydrogens (tertiary/aromatic N) is 2. The molecule has 0 spiro atoms. The SMILES string of the molecule is COCCNCC(=O)N1CCN(CC(=O)NCc2ccccc2)CC1.Cl.Cl. The number of hydrogen-bond donors (Lipinski definition) is 2. The molecule has 154 valence electrons. The van der Waals surface area contributed by atoms with Crippen molar-refractivity contribution in [2.45, 2.75) is 6.54 Å². The molecule has 1 fully saturated rings. The van der Waals surface area contributed by atoms with E-state index in [0.717, 1.165) is 18.7 Å². The summed E-state index contributed by atoms with van der Waals surface area (Å²) >= 11 is 0. The molecule has 1 aromatic rings. The first-order valence-electron chi connectivity index (χ1n) is 8.69. The number of ether oxygens (including phenoxy) is 1. The van der Waals surface area contributed by atoms with Crippen molar-refractivity contribution in [3.8, 4) is 0 Å². The molecular weight excluding hydrogens is 391 g/mol. The lowest BCUT2D eigenvalue weighted by Crippen LogP contribution is -2.52. The van der Waals surface area contributed by atoms with Crippen LogP contribution in [0, 0.1) is 0 Å². The first-order valence-corrected chi connectivity index (χ1v) is 8.69. The molecule has 1 aliphatic heterocycles. The highest BCUT2D eigenvalue weighted by Gasteiger charge is 2.21. The Kier molecular flexibility index (Phi) is 13.9. The van der Waals surface area contributed by atoms with E-state index >= 15 is 0 Å². The van der Waals surface area contributed by atoms with Crippen molar-refractivity contribution in [2.24, 2.45) is 0 Å². The molecule has 0 bridgehead atoms. The van der Waals surface area contributed by atoms with Gasteiger partial charge in [-0.05, 0) is 5.56 Å². The van der Waals surface area contributed by atoms with Gasteiger partial charge in [0.2, 0.25) is 11.8 Å². The number of benzene rings is 1. The summed E-state index contributed by atoms with van der Waals surface area (Å²) in [5.41, 5.74) is 1.09. The molecule has 0 radical (unpaired) electrons. The van der Waals surface area contributed by atoms with Crippen LogP contribution in [-0.2, 0) is 20.9 Å². The maximum Gasteiger partial charge on any atom is 0.236 e. The zero-order valence-corrected chi connectivity index (χ0v) is 17.3. The maximum atomic E-state index is 12.1. The Morgan fingerprint density at radius 3 is 2.37 bits per heavy atom. The normalized spacial score (nSPS) is 14.0. The summed E-state index contributed by atoms with van der Waals surface area (Å²) in [5.74, 6) is 0.120. The number of carbonyl (C=O) groups is 2. The largest absolute Gasteiger partial charge is 0.383 e. The molecule has 0 unspecified atom stereocenters. The van der Waals surface area contributed by atoms with Crippen molar-refractivity contribution < 1.29 is 14.3 Å². The van der Waals surface area contributed by atoms with Crippen molar-refractivity contribution >= 4 is 36.6 Å². The standard InChI is InChI=1S/C18H28N4O3.2ClH/c1-25-12-7-19-14-18(24)22-10-8-21(9-11-22)15-17(23)20-13-16-5-3-2-4-6-16;;/h2-6,19H,7-15H2,1H3,(H,20,23);2*1H. The van der Waals surface area contributed by atoms with Crippen LogP contribution in [0.2, 0.25) is 0 Å². The predicted molar refractivity (Wildman–Crippen MR) is 111 cm³/mol. The van der Waals surface area contributed by atoms with E-state index in [9.17, 15) is 9.59 Å². The fourth-order valence-corrected chi connectivity index (χ4v) is 2.69. The fraction of sp³-hybridized carbons (Fsp3) is 0.556. The third-order valence-corrected chi connectivity index (χ3v) is 4.18. The Morgan fingerprint density at radius 2 is 1.74 bits per heavy atom. The third-order valence-electron chi connectivity index (χ3n) is 4.18. The Morgan fingerprint density at radius 1 is 1.07 bits per heavy atom. The summed E-state index contributed by atoms with van der Waals surface area (Å²) in [6.45, 7) is 5.30. The number of methoxy groups -OCH3 is 1. The lowest BCUT2D eigenvalue weighted by atomic mass is 10.2. The van der Waals surface area contributed by atoms with Crippen LogP contribution in [0.3, 0.4) is 0 Å². The smallest absolute Gasteiger partial charge is 0.236 e. The van der Waals surface area contributed by atoms with Crippen LogP contribution in [0.15, 0.2) is 30.3 Å². The number of amides is 2. The van der Waals surface area contributed by atoms with E-state index < -0.39 is 0 Å². The number of carbonyl (C=O) groups excluding carboxylic acids is 2.